The number of alkyl halides is 3. The summed E-state index contributed by atoms with van der Waals surface area (Å²) in [6.45, 7) is 6.71. The molecule has 0 aliphatic carbocycles. The zero-order valence-corrected chi connectivity index (χ0v) is 18.7. The van der Waals surface area contributed by atoms with Gasteiger partial charge in [-0.2, -0.15) is 13.2 Å². The molecule has 1 N–H and O–H groups in total. The Kier molecular flexibility index (Phi) is 7.44. The van der Waals surface area contributed by atoms with Crippen LogP contribution >= 0.6 is 11.8 Å². The zero-order chi connectivity index (χ0) is 23.3. The van der Waals surface area contributed by atoms with Crippen molar-refractivity contribution in [3.63, 3.8) is 0 Å². The van der Waals surface area contributed by atoms with E-state index in [2.05, 4.69) is 15.5 Å². The predicted molar refractivity (Wildman–Crippen MR) is 117 cm³/mol. The first kappa shape index (κ1) is 23.6. The fourth-order valence-corrected chi connectivity index (χ4v) is 3.88. The smallest absolute Gasteiger partial charge is 0.416 e. The number of ether oxygens (including phenoxy) is 1. The third kappa shape index (κ3) is 6.03. The molecule has 0 saturated carbocycles. The number of nitrogens with one attached hydrogen (secondary N) is 1. The maximum atomic E-state index is 12.8. The van der Waals surface area contributed by atoms with Gasteiger partial charge < -0.3 is 14.6 Å². The van der Waals surface area contributed by atoms with E-state index in [9.17, 15) is 18.0 Å². The average Bonchev–Trinajstić information content (AvgIpc) is 3.13. The Balaban J connectivity index is 1.59. The second-order valence-corrected chi connectivity index (χ2v) is 8.06. The summed E-state index contributed by atoms with van der Waals surface area (Å²) < 4.78 is 46.2. The Hall–Kier alpha value is -3.01. The van der Waals surface area contributed by atoms with E-state index in [0.29, 0.717) is 17.5 Å². The van der Waals surface area contributed by atoms with Gasteiger partial charge in [-0.05, 0) is 50.6 Å². The van der Waals surface area contributed by atoms with Gasteiger partial charge >= 0.3 is 6.18 Å². The van der Waals surface area contributed by atoms with Crippen LogP contribution in [-0.2, 0) is 24.1 Å². The Morgan fingerprint density at radius 2 is 1.94 bits per heavy atom. The molecule has 1 aromatic heterocycles. The number of hydrogen-bond donors (Lipinski definition) is 1. The van der Waals surface area contributed by atoms with E-state index < -0.39 is 17.6 Å². The van der Waals surface area contributed by atoms with Crippen LogP contribution in [0.25, 0.3) is 0 Å². The molecule has 0 atom stereocenters. The number of hydrogen-bond acceptors (Lipinski definition) is 5. The Bertz CT molecular complexity index is 1100. The standard InChI is InChI=1S/C22H23F3N4O2S/c1-4-29-19(12-31-18-9-8-14(2)10-15(18)3)27-28-21(29)32-13-20(30)26-17-7-5-6-16(11-17)22(23,24)25/h5-11H,4,12-13H2,1-3H3,(H,26,30). The average molecular weight is 465 g/mol. The minimum Gasteiger partial charge on any atom is -0.485 e. The molecule has 0 spiro atoms. The van der Waals surface area contributed by atoms with Crippen molar-refractivity contribution in [1.29, 1.82) is 0 Å². The Morgan fingerprint density at radius 3 is 2.62 bits per heavy atom. The minimum atomic E-state index is -4.47. The number of carbonyl (C=O) groups excluding carboxylic acids is 1. The van der Waals surface area contributed by atoms with Crippen LogP contribution in [0.15, 0.2) is 47.6 Å². The van der Waals surface area contributed by atoms with Gasteiger partial charge in [0.2, 0.25) is 5.91 Å². The first-order valence-corrected chi connectivity index (χ1v) is 10.9. The van der Waals surface area contributed by atoms with E-state index in [0.717, 1.165) is 40.8 Å². The molecule has 1 amide bonds. The molecule has 1 heterocycles. The molecule has 0 saturated heterocycles. The summed E-state index contributed by atoms with van der Waals surface area (Å²) in [5, 5.41) is 11.3. The minimum absolute atomic E-state index is 0.0215. The van der Waals surface area contributed by atoms with Crippen LogP contribution in [0.3, 0.4) is 0 Å². The number of amides is 1. The topological polar surface area (TPSA) is 69.0 Å². The summed E-state index contributed by atoms with van der Waals surface area (Å²) in [6, 6.07) is 10.4. The van der Waals surface area contributed by atoms with Crippen molar-refractivity contribution in [3.05, 3.63) is 65.0 Å². The fourth-order valence-electron chi connectivity index (χ4n) is 3.05. The van der Waals surface area contributed by atoms with E-state index in [1.54, 1.807) is 0 Å². The third-order valence-corrected chi connectivity index (χ3v) is 5.57. The summed E-state index contributed by atoms with van der Waals surface area (Å²) >= 11 is 1.16. The Labute approximate surface area is 188 Å². The number of benzene rings is 2. The Morgan fingerprint density at radius 1 is 1.16 bits per heavy atom. The highest BCUT2D eigenvalue weighted by molar-refractivity contribution is 7.99. The maximum Gasteiger partial charge on any atom is 0.416 e. The van der Waals surface area contributed by atoms with Gasteiger partial charge in [-0.25, -0.2) is 0 Å². The van der Waals surface area contributed by atoms with Gasteiger partial charge in [0.15, 0.2) is 11.0 Å². The van der Waals surface area contributed by atoms with Crippen LogP contribution < -0.4 is 10.1 Å². The van der Waals surface area contributed by atoms with Crippen molar-refractivity contribution >= 4 is 23.4 Å². The molecule has 32 heavy (non-hydrogen) atoms. The van der Waals surface area contributed by atoms with E-state index in [1.165, 1.54) is 12.1 Å². The van der Waals surface area contributed by atoms with Crippen molar-refractivity contribution in [3.8, 4) is 5.75 Å². The zero-order valence-electron chi connectivity index (χ0n) is 17.9. The monoisotopic (exact) mass is 464 g/mol. The summed E-state index contributed by atoms with van der Waals surface area (Å²) in [5.41, 5.74) is 1.44. The highest BCUT2D eigenvalue weighted by Gasteiger charge is 2.30. The number of carbonyl (C=O) groups is 1. The number of nitrogens with zero attached hydrogens (tertiary/aromatic N) is 3. The van der Waals surface area contributed by atoms with Crippen molar-refractivity contribution in [2.45, 2.75) is 45.3 Å². The highest BCUT2D eigenvalue weighted by Crippen LogP contribution is 2.30. The predicted octanol–water partition coefficient (Wildman–Crippen LogP) is 5.24. The number of aromatic nitrogens is 3. The van der Waals surface area contributed by atoms with Crippen molar-refractivity contribution < 1.29 is 22.7 Å². The maximum absolute atomic E-state index is 12.8. The molecule has 0 radical (unpaired) electrons. The largest absolute Gasteiger partial charge is 0.485 e. The lowest BCUT2D eigenvalue weighted by molar-refractivity contribution is -0.137. The number of anilines is 1. The van der Waals surface area contributed by atoms with E-state index in [-0.39, 0.29) is 18.0 Å². The molecular formula is C22H23F3N4O2S. The fraction of sp³-hybridized carbons (Fsp3) is 0.318. The van der Waals surface area contributed by atoms with Crippen molar-refractivity contribution in [2.24, 2.45) is 0 Å². The second kappa shape index (κ2) is 10.1. The SMILES string of the molecule is CCn1c(COc2ccc(C)cc2C)nnc1SCC(=O)Nc1cccc(C(F)(F)F)c1. The quantitative estimate of drug-likeness (QED) is 0.462. The number of thioether (sulfide) groups is 1. The van der Waals surface area contributed by atoms with E-state index in [4.69, 9.17) is 4.74 Å². The molecule has 3 rings (SSSR count). The molecule has 0 unspecified atom stereocenters. The first-order chi connectivity index (χ1) is 15.2. The van der Waals surface area contributed by atoms with Crippen LogP contribution in [0.5, 0.6) is 5.75 Å². The molecule has 170 valence electrons. The van der Waals surface area contributed by atoms with Gasteiger partial charge in [0.1, 0.15) is 12.4 Å². The normalized spacial score (nSPS) is 11.4. The second-order valence-electron chi connectivity index (χ2n) is 7.12. The number of halogens is 3. The summed E-state index contributed by atoms with van der Waals surface area (Å²) in [4.78, 5) is 12.2. The lowest BCUT2D eigenvalue weighted by atomic mass is 10.1. The van der Waals surface area contributed by atoms with Crippen LogP contribution in [-0.4, -0.2) is 26.4 Å². The molecule has 0 aliphatic rings. The molecule has 6 nitrogen and oxygen atoms in total. The molecule has 2 aromatic carbocycles. The highest BCUT2D eigenvalue weighted by atomic mass is 32.2. The van der Waals surface area contributed by atoms with Crippen molar-refractivity contribution in [2.75, 3.05) is 11.1 Å². The summed E-state index contributed by atoms with van der Waals surface area (Å²) in [7, 11) is 0. The van der Waals surface area contributed by atoms with Gasteiger partial charge in [0, 0.05) is 12.2 Å². The molecule has 3 aromatic rings. The van der Waals surface area contributed by atoms with Gasteiger partial charge in [0.05, 0.1) is 11.3 Å². The number of aryl methyl sites for hydroxylation is 2. The number of rotatable bonds is 8. The van der Waals surface area contributed by atoms with Crippen LogP contribution in [0.2, 0.25) is 0 Å². The van der Waals surface area contributed by atoms with Gasteiger partial charge in [0.25, 0.3) is 0 Å². The summed E-state index contributed by atoms with van der Waals surface area (Å²) in [5.74, 6) is 0.920. The third-order valence-electron chi connectivity index (χ3n) is 4.60. The van der Waals surface area contributed by atoms with Crippen LogP contribution in [0, 0.1) is 13.8 Å². The van der Waals surface area contributed by atoms with E-state index in [1.807, 2.05) is 43.5 Å². The van der Waals surface area contributed by atoms with Gasteiger partial charge in [-0.15, -0.1) is 10.2 Å². The van der Waals surface area contributed by atoms with E-state index >= 15 is 0 Å². The first-order valence-electron chi connectivity index (χ1n) is 9.89. The molecule has 0 aliphatic heterocycles. The van der Waals surface area contributed by atoms with Crippen molar-refractivity contribution in [1.82, 2.24) is 14.8 Å². The van der Waals surface area contributed by atoms with Gasteiger partial charge in [-0.3, -0.25) is 4.79 Å². The van der Waals surface area contributed by atoms with Crippen LogP contribution in [0.1, 0.15) is 29.4 Å². The molecule has 10 heteroatoms. The molecule has 0 fully saturated rings. The molecular weight excluding hydrogens is 441 g/mol. The molecule has 0 bridgehead atoms. The van der Waals surface area contributed by atoms with Crippen LogP contribution in [0.4, 0.5) is 18.9 Å². The van der Waals surface area contributed by atoms with Gasteiger partial charge in [-0.1, -0.05) is 35.5 Å². The lowest BCUT2D eigenvalue weighted by Gasteiger charge is -2.11. The lowest BCUT2D eigenvalue weighted by Crippen LogP contribution is -2.15. The summed E-state index contributed by atoms with van der Waals surface area (Å²) in [6.07, 6.45) is -4.47.